The predicted molar refractivity (Wildman–Crippen MR) is 122 cm³/mol. The number of rotatable bonds is 6. The molecule has 2 aliphatic rings. The van der Waals surface area contributed by atoms with Gasteiger partial charge < -0.3 is 14.2 Å². The summed E-state index contributed by atoms with van der Waals surface area (Å²) in [4.78, 5) is 0. The van der Waals surface area contributed by atoms with E-state index in [4.69, 9.17) is 14.2 Å². The first kappa shape index (κ1) is 20.2. The van der Waals surface area contributed by atoms with Crippen molar-refractivity contribution in [1.82, 2.24) is 20.2 Å². The molecule has 0 unspecified atom stereocenters. The molecule has 33 heavy (non-hydrogen) atoms. The molecule has 0 spiro atoms. The van der Waals surface area contributed by atoms with Gasteiger partial charge in [-0.3, -0.25) is 0 Å². The number of fused-ring (bicyclic) bond motifs is 1. The molecule has 0 saturated carbocycles. The second kappa shape index (κ2) is 8.86. The van der Waals surface area contributed by atoms with E-state index in [2.05, 4.69) is 64.1 Å². The fourth-order valence-corrected chi connectivity index (χ4v) is 4.62. The van der Waals surface area contributed by atoms with Gasteiger partial charge in [-0.05, 0) is 27.1 Å². The summed E-state index contributed by atoms with van der Waals surface area (Å²) < 4.78 is 20.2. The van der Waals surface area contributed by atoms with Crippen molar-refractivity contribution in [3.63, 3.8) is 0 Å². The van der Waals surface area contributed by atoms with Crippen LogP contribution in [-0.4, -0.2) is 51.7 Å². The Labute approximate surface area is 191 Å². The van der Waals surface area contributed by atoms with Gasteiger partial charge in [0.1, 0.15) is 24.4 Å². The molecule has 3 aromatic carbocycles. The van der Waals surface area contributed by atoms with Crippen molar-refractivity contribution in [2.45, 2.75) is 31.0 Å². The summed E-state index contributed by atoms with van der Waals surface area (Å²) in [6.45, 7) is 1.53. The molecule has 7 nitrogen and oxygen atoms in total. The van der Waals surface area contributed by atoms with Crippen LogP contribution in [0.5, 0.6) is 0 Å². The van der Waals surface area contributed by atoms with Crippen LogP contribution in [0.15, 0.2) is 84.9 Å². The average Bonchev–Trinajstić information content (AvgIpc) is 3.61. The third kappa shape index (κ3) is 3.95. The molecule has 2 fully saturated rings. The normalized spacial score (nSPS) is 24.1. The van der Waals surface area contributed by atoms with Gasteiger partial charge in [0, 0.05) is 5.56 Å². The van der Waals surface area contributed by atoms with Crippen molar-refractivity contribution >= 4 is 0 Å². The molecule has 0 amide bonds. The molecule has 2 saturated heterocycles. The highest BCUT2D eigenvalue weighted by Crippen LogP contribution is 2.37. The molecule has 2 aliphatic heterocycles. The van der Waals surface area contributed by atoms with Gasteiger partial charge in [0.15, 0.2) is 5.82 Å². The molecule has 0 bridgehead atoms. The standard InChI is InChI=1S/C26H24N4O3/c1-3-7-18(8-4-1)15-31-23-17-33-24-22(16-32-25(23)24)30-26(27-28-29-30)21-13-11-20(12-14-21)19-9-5-2-6-10-19/h1-14,22-25H,15-17H2/t22-,23-,24-,25+/m0/s1. The lowest BCUT2D eigenvalue weighted by molar-refractivity contribution is -0.0399. The molecule has 166 valence electrons. The maximum atomic E-state index is 6.13. The summed E-state index contributed by atoms with van der Waals surface area (Å²) in [5, 5.41) is 12.5. The largest absolute Gasteiger partial charge is 0.370 e. The third-order valence-electron chi connectivity index (χ3n) is 6.35. The van der Waals surface area contributed by atoms with Gasteiger partial charge in [-0.15, -0.1) is 5.10 Å². The van der Waals surface area contributed by atoms with E-state index >= 15 is 0 Å². The Morgan fingerprint density at radius 3 is 2.21 bits per heavy atom. The van der Waals surface area contributed by atoms with Gasteiger partial charge in [-0.2, -0.15) is 0 Å². The van der Waals surface area contributed by atoms with Crippen LogP contribution >= 0.6 is 0 Å². The van der Waals surface area contributed by atoms with Crippen molar-refractivity contribution in [1.29, 1.82) is 0 Å². The summed E-state index contributed by atoms with van der Waals surface area (Å²) in [6, 6.07) is 28.6. The summed E-state index contributed by atoms with van der Waals surface area (Å²) in [6.07, 6.45) is -0.377. The van der Waals surface area contributed by atoms with Gasteiger partial charge in [-0.25, -0.2) is 4.68 Å². The Morgan fingerprint density at radius 1 is 0.758 bits per heavy atom. The van der Waals surface area contributed by atoms with E-state index in [9.17, 15) is 0 Å². The van der Waals surface area contributed by atoms with Crippen molar-refractivity contribution in [2.24, 2.45) is 0 Å². The quantitative estimate of drug-likeness (QED) is 0.452. The Bertz CT molecular complexity index is 1200. The average molecular weight is 441 g/mol. The van der Waals surface area contributed by atoms with E-state index in [-0.39, 0.29) is 24.4 Å². The highest BCUT2D eigenvalue weighted by molar-refractivity contribution is 5.67. The molecule has 1 aromatic heterocycles. The van der Waals surface area contributed by atoms with Crippen LogP contribution in [0.4, 0.5) is 0 Å². The molecule has 0 aliphatic carbocycles. The van der Waals surface area contributed by atoms with Crippen LogP contribution in [0, 0.1) is 0 Å². The summed E-state index contributed by atoms with van der Waals surface area (Å²) >= 11 is 0. The highest BCUT2D eigenvalue weighted by atomic mass is 16.6. The molecular formula is C26H24N4O3. The summed E-state index contributed by atoms with van der Waals surface area (Å²) in [7, 11) is 0. The Hall–Kier alpha value is -3.39. The van der Waals surface area contributed by atoms with Crippen LogP contribution in [-0.2, 0) is 20.8 Å². The highest BCUT2D eigenvalue weighted by Gasteiger charge is 2.50. The lowest BCUT2D eigenvalue weighted by Crippen LogP contribution is -2.32. The Balaban J connectivity index is 1.17. The maximum Gasteiger partial charge on any atom is 0.182 e. The van der Waals surface area contributed by atoms with Crippen molar-refractivity contribution in [3.05, 3.63) is 90.5 Å². The lowest BCUT2D eigenvalue weighted by Gasteiger charge is -2.18. The van der Waals surface area contributed by atoms with E-state index in [1.54, 1.807) is 0 Å². The predicted octanol–water partition coefficient (Wildman–Crippen LogP) is 3.93. The third-order valence-corrected chi connectivity index (χ3v) is 6.35. The first-order valence-electron chi connectivity index (χ1n) is 11.2. The second-order valence-corrected chi connectivity index (χ2v) is 8.39. The van der Waals surface area contributed by atoms with Gasteiger partial charge in [0.05, 0.1) is 19.8 Å². The van der Waals surface area contributed by atoms with E-state index < -0.39 is 0 Å². The molecule has 3 heterocycles. The number of hydrogen-bond donors (Lipinski definition) is 0. The molecule has 0 N–H and O–H groups in total. The number of tetrazole rings is 1. The fourth-order valence-electron chi connectivity index (χ4n) is 4.62. The lowest BCUT2D eigenvalue weighted by atomic mass is 10.0. The second-order valence-electron chi connectivity index (χ2n) is 8.39. The minimum Gasteiger partial charge on any atom is -0.370 e. The first-order valence-corrected chi connectivity index (χ1v) is 11.2. The van der Waals surface area contributed by atoms with Crippen molar-refractivity contribution < 1.29 is 14.2 Å². The number of ether oxygens (including phenoxy) is 3. The maximum absolute atomic E-state index is 6.13. The molecular weight excluding hydrogens is 416 g/mol. The van der Waals surface area contributed by atoms with E-state index in [1.807, 2.05) is 41.1 Å². The minimum absolute atomic E-state index is 0.0980. The zero-order chi connectivity index (χ0) is 22.0. The Morgan fingerprint density at radius 2 is 1.42 bits per heavy atom. The smallest absolute Gasteiger partial charge is 0.182 e. The van der Waals surface area contributed by atoms with E-state index in [0.717, 1.165) is 16.7 Å². The number of nitrogens with zero attached hydrogens (tertiary/aromatic N) is 4. The van der Waals surface area contributed by atoms with E-state index in [1.165, 1.54) is 5.56 Å². The molecule has 7 heteroatoms. The topological polar surface area (TPSA) is 71.3 Å². The van der Waals surface area contributed by atoms with Gasteiger partial charge in [-0.1, -0.05) is 84.9 Å². The van der Waals surface area contributed by atoms with E-state index in [0.29, 0.717) is 25.6 Å². The monoisotopic (exact) mass is 440 g/mol. The van der Waals surface area contributed by atoms with Gasteiger partial charge >= 0.3 is 0 Å². The van der Waals surface area contributed by atoms with Crippen LogP contribution in [0.25, 0.3) is 22.5 Å². The van der Waals surface area contributed by atoms with Crippen LogP contribution in [0.1, 0.15) is 11.6 Å². The molecule has 0 radical (unpaired) electrons. The van der Waals surface area contributed by atoms with Gasteiger partial charge in [0.2, 0.25) is 0 Å². The van der Waals surface area contributed by atoms with Crippen molar-refractivity contribution in [3.8, 4) is 22.5 Å². The Kier molecular flexibility index (Phi) is 5.43. The van der Waals surface area contributed by atoms with Crippen molar-refractivity contribution in [2.75, 3.05) is 13.2 Å². The minimum atomic E-state index is -0.142. The number of aromatic nitrogens is 4. The molecule has 4 aromatic rings. The molecule has 4 atom stereocenters. The zero-order valence-electron chi connectivity index (χ0n) is 18.0. The van der Waals surface area contributed by atoms with Crippen LogP contribution in [0.2, 0.25) is 0 Å². The van der Waals surface area contributed by atoms with Crippen LogP contribution in [0.3, 0.4) is 0 Å². The van der Waals surface area contributed by atoms with Crippen LogP contribution < -0.4 is 0 Å². The number of benzene rings is 3. The SMILES string of the molecule is c1ccc(CO[C@H]2CO[C@@H]3[C@@H]2OC[C@@H]3n2nnnc2-c2ccc(-c3ccccc3)cc2)cc1. The first-order chi connectivity index (χ1) is 16.4. The summed E-state index contributed by atoms with van der Waals surface area (Å²) in [5.41, 5.74) is 4.42. The molecule has 6 rings (SSSR count). The van der Waals surface area contributed by atoms with Gasteiger partial charge in [0.25, 0.3) is 0 Å². The fraction of sp³-hybridized carbons (Fsp3) is 0.269. The number of hydrogen-bond acceptors (Lipinski definition) is 6. The summed E-state index contributed by atoms with van der Waals surface area (Å²) in [5.74, 6) is 0.709. The zero-order valence-corrected chi connectivity index (χ0v) is 18.0.